The summed E-state index contributed by atoms with van der Waals surface area (Å²) in [5, 5.41) is 0. The van der Waals surface area contributed by atoms with Crippen LogP contribution in [0.3, 0.4) is 0 Å². The number of fused-ring (bicyclic) bond motifs is 1. The molecule has 0 spiro atoms. The van der Waals surface area contributed by atoms with Gasteiger partial charge in [0.05, 0.1) is 12.0 Å². The van der Waals surface area contributed by atoms with Gasteiger partial charge in [-0.15, -0.1) is 0 Å². The molecule has 0 unspecified atom stereocenters. The molecule has 144 valence electrons. The van der Waals surface area contributed by atoms with Crippen molar-refractivity contribution in [1.82, 2.24) is 9.62 Å². The highest BCUT2D eigenvalue weighted by Crippen LogP contribution is 2.24. The van der Waals surface area contributed by atoms with Gasteiger partial charge in [-0.05, 0) is 61.7 Å². The average molecular weight is 388 g/mol. The van der Waals surface area contributed by atoms with Gasteiger partial charge in [0.15, 0.2) is 0 Å². The molecule has 0 saturated carbocycles. The third-order valence-electron chi connectivity index (χ3n) is 4.50. The van der Waals surface area contributed by atoms with E-state index in [1.54, 1.807) is 62.3 Å². The van der Waals surface area contributed by atoms with Crippen LogP contribution in [0.1, 0.15) is 35.3 Å². The Morgan fingerprint density at radius 2 is 1.93 bits per heavy atom. The Labute approximate surface area is 160 Å². The van der Waals surface area contributed by atoms with Gasteiger partial charge in [-0.25, -0.2) is 13.1 Å². The van der Waals surface area contributed by atoms with Crippen LogP contribution in [-0.2, 0) is 23.0 Å². The second kappa shape index (κ2) is 7.70. The van der Waals surface area contributed by atoms with Crippen molar-refractivity contribution in [1.29, 1.82) is 0 Å². The first-order valence-electron chi connectivity index (χ1n) is 8.87. The van der Waals surface area contributed by atoms with Gasteiger partial charge in [-0.1, -0.05) is 12.1 Å². The molecule has 0 atom stereocenters. The van der Waals surface area contributed by atoms with Crippen molar-refractivity contribution in [3.8, 4) is 5.75 Å². The summed E-state index contributed by atoms with van der Waals surface area (Å²) in [6.45, 7) is 4.55. The van der Waals surface area contributed by atoms with Crippen molar-refractivity contribution >= 4 is 15.9 Å². The van der Waals surface area contributed by atoms with Crippen molar-refractivity contribution in [2.75, 3.05) is 13.7 Å². The minimum Gasteiger partial charge on any atom is -0.497 e. The Hall–Kier alpha value is -2.38. The SMILES string of the molecule is COc1cccc(C(=O)N2CCc3ccc(S(=O)(=O)NC(C)C)cc3C2)c1. The van der Waals surface area contributed by atoms with Crippen LogP contribution in [-0.4, -0.2) is 38.9 Å². The molecule has 6 nitrogen and oxygen atoms in total. The van der Waals surface area contributed by atoms with Gasteiger partial charge in [0, 0.05) is 24.7 Å². The van der Waals surface area contributed by atoms with Gasteiger partial charge in [-0.2, -0.15) is 0 Å². The molecule has 0 saturated heterocycles. The number of rotatable bonds is 5. The first-order valence-corrected chi connectivity index (χ1v) is 10.4. The van der Waals surface area contributed by atoms with Crippen LogP contribution in [0, 0.1) is 0 Å². The maximum absolute atomic E-state index is 12.8. The quantitative estimate of drug-likeness (QED) is 0.854. The minimum absolute atomic E-state index is 0.0897. The number of amides is 1. The van der Waals surface area contributed by atoms with Gasteiger partial charge < -0.3 is 9.64 Å². The normalized spacial score (nSPS) is 14.1. The predicted octanol–water partition coefficient (Wildman–Crippen LogP) is 2.58. The largest absolute Gasteiger partial charge is 0.497 e. The van der Waals surface area contributed by atoms with Crippen LogP contribution in [0.25, 0.3) is 0 Å². The second-order valence-electron chi connectivity index (χ2n) is 6.92. The fourth-order valence-corrected chi connectivity index (χ4v) is 4.49. The predicted molar refractivity (Wildman–Crippen MR) is 103 cm³/mol. The van der Waals surface area contributed by atoms with E-state index in [-0.39, 0.29) is 16.8 Å². The number of hydrogen-bond acceptors (Lipinski definition) is 4. The molecule has 1 N–H and O–H groups in total. The van der Waals surface area contributed by atoms with Gasteiger partial charge >= 0.3 is 0 Å². The zero-order valence-electron chi connectivity index (χ0n) is 15.7. The van der Waals surface area contributed by atoms with E-state index in [1.165, 1.54) is 0 Å². The topological polar surface area (TPSA) is 75.7 Å². The van der Waals surface area contributed by atoms with E-state index in [4.69, 9.17) is 4.74 Å². The summed E-state index contributed by atoms with van der Waals surface area (Å²) < 4.78 is 32.6. The third kappa shape index (κ3) is 4.31. The Bertz CT molecular complexity index is 954. The Balaban J connectivity index is 1.84. The molecular formula is C20H24N2O4S. The van der Waals surface area contributed by atoms with Crippen molar-refractivity contribution in [2.45, 2.75) is 37.8 Å². The summed E-state index contributed by atoms with van der Waals surface area (Å²) in [6, 6.07) is 12.0. The van der Waals surface area contributed by atoms with Crippen LogP contribution in [0.4, 0.5) is 0 Å². The molecule has 0 bridgehead atoms. The molecule has 7 heteroatoms. The summed E-state index contributed by atoms with van der Waals surface area (Å²) in [5.74, 6) is 0.541. The van der Waals surface area contributed by atoms with Crippen molar-refractivity contribution in [3.05, 3.63) is 59.2 Å². The lowest BCUT2D eigenvalue weighted by atomic mass is 9.99. The zero-order chi connectivity index (χ0) is 19.6. The van der Waals surface area contributed by atoms with E-state index < -0.39 is 10.0 Å². The molecule has 2 aromatic carbocycles. The number of carbonyl (C=O) groups is 1. The van der Waals surface area contributed by atoms with Gasteiger partial charge in [0.1, 0.15) is 5.75 Å². The van der Waals surface area contributed by atoms with Crippen LogP contribution in [0.5, 0.6) is 5.75 Å². The van der Waals surface area contributed by atoms with E-state index >= 15 is 0 Å². The number of sulfonamides is 1. The summed E-state index contributed by atoms with van der Waals surface area (Å²) in [6.07, 6.45) is 0.697. The highest BCUT2D eigenvalue weighted by molar-refractivity contribution is 7.89. The van der Waals surface area contributed by atoms with Crippen LogP contribution >= 0.6 is 0 Å². The molecule has 0 aliphatic carbocycles. The van der Waals surface area contributed by atoms with Gasteiger partial charge in [0.2, 0.25) is 10.0 Å². The lowest BCUT2D eigenvalue weighted by Crippen LogP contribution is -2.36. The van der Waals surface area contributed by atoms with E-state index in [0.29, 0.717) is 30.8 Å². The number of methoxy groups -OCH3 is 1. The molecule has 0 radical (unpaired) electrons. The number of benzene rings is 2. The Morgan fingerprint density at radius 3 is 2.63 bits per heavy atom. The van der Waals surface area contributed by atoms with Crippen molar-refractivity contribution in [3.63, 3.8) is 0 Å². The average Bonchev–Trinajstić information content (AvgIpc) is 2.65. The summed E-state index contributed by atoms with van der Waals surface area (Å²) in [7, 11) is -2.00. The van der Waals surface area contributed by atoms with E-state index in [1.807, 2.05) is 6.07 Å². The maximum Gasteiger partial charge on any atom is 0.254 e. The standard InChI is InChI=1S/C20H24N2O4S/c1-14(2)21-27(24,25)19-8-7-15-9-10-22(13-17(15)12-19)20(23)16-5-4-6-18(11-16)26-3/h4-8,11-12,14,21H,9-10,13H2,1-3H3. The van der Waals surface area contributed by atoms with E-state index in [9.17, 15) is 13.2 Å². The zero-order valence-corrected chi connectivity index (χ0v) is 16.5. The third-order valence-corrected chi connectivity index (χ3v) is 6.15. The second-order valence-corrected chi connectivity index (χ2v) is 8.63. The lowest BCUT2D eigenvalue weighted by molar-refractivity contribution is 0.0734. The number of hydrogen-bond donors (Lipinski definition) is 1. The van der Waals surface area contributed by atoms with Crippen LogP contribution in [0.2, 0.25) is 0 Å². The number of nitrogens with zero attached hydrogens (tertiary/aromatic N) is 1. The molecular weight excluding hydrogens is 364 g/mol. The van der Waals surface area contributed by atoms with Gasteiger partial charge in [-0.3, -0.25) is 4.79 Å². The fourth-order valence-electron chi connectivity index (χ4n) is 3.19. The first kappa shape index (κ1) is 19.4. The highest BCUT2D eigenvalue weighted by Gasteiger charge is 2.24. The minimum atomic E-state index is -3.56. The van der Waals surface area contributed by atoms with Crippen molar-refractivity contribution < 1.29 is 17.9 Å². The molecule has 27 heavy (non-hydrogen) atoms. The number of ether oxygens (including phenoxy) is 1. The number of carbonyl (C=O) groups excluding carboxylic acids is 1. The molecule has 1 heterocycles. The van der Waals surface area contributed by atoms with E-state index in [2.05, 4.69) is 4.72 Å². The Kier molecular flexibility index (Phi) is 5.53. The monoisotopic (exact) mass is 388 g/mol. The molecule has 1 amide bonds. The fraction of sp³-hybridized carbons (Fsp3) is 0.350. The molecule has 1 aliphatic heterocycles. The Morgan fingerprint density at radius 1 is 1.15 bits per heavy atom. The van der Waals surface area contributed by atoms with Crippen LogP contribution < -0.4 is 9.46 Å². The number of nitrogens with one attached hydrogen (secondary N) is 1. The first-order chi connectivity index (χ1) is 12.8. The molecule has 3 rings (SSSR count). The van der Waals surface area contributed by atoms with Crippen molar-refractivity contribution in [2.24, 2.45) is 0 Å². The van der Waals surface area contributed by atoms with Crippen LogP contribution in [0.15, 0.2) is 47.4 Å². The summed E-state index contributed by atoms with van der Waals surface area (Å²) >= 11 is 0. The summed E-state index contributed by atoms with van der Waals surface area (Å²) in [4.78, 5) is 14.8. The summed E-state index contributed by atoms with van der Waals surface area (Å²) in [5.41, 5.74) is 2.50. The van der Waals surface area contributed by atoms with Gasteiger partial charge in [0.25, 0.3) is 5.91 Å². The molecule has 2 aromatic rings. The lowest BCUT2D eigenvalue weighted by Gasteiger charge is -2.29. The molecule has 0 aromatic heterocycles. The molecule has 0 fully saturated rings. The highest BCUT2D eigenvalue weighted by atomic mass is 32.2. The van der Waals surface area contributed by atoms with E-state index in [0.717, 1.165) is 11.1 Å². The maximum atomic E-state index is 12.8. The smallest absolute Gasteiger partial charge is 0.254 e. The molecule has 1 aliphatic rings.